The fourth-order valence-corrected chi connectivity index (χ4v) is 1.55. The van der Waals surface area contributed by atoms with Crippen LogP contribution in [0.15, 0.2) is 54.6 Å². The van der Waals surface area contributed by atoms with Gasteiger partial charge >= 0.3 is 0 Å². The molecule has 1 N–H and O–H groups in total. The standard InChI is InChI=1S/C13H13NO/c1-15-14-13-10-6-5-9-12(13)11-7-3-2-4-8-11/h2-10,14H,1H3. The normalized spacial score (nSPS) is 9.93. The van der Waals surface area contributed by atoms with Crippen LogP contribution in [0.3, 0.4) is 0 Å². The maximum absolute atomic E-state index is 4.94. The molecule has 2 nitrogen and oxygen atoms in total. The summed E-state index contributed by atoms with van der Waals surface area (Å²) in [6.45, 7) is 0. The number of hydrogen-bond donors (Lipinski definition) is 1. The molecule has 0 heterocycles. The first-order valence-electron chi connectivity index (χ1n) is 4.85. The van der Waals surface area contributed by atoms with Crippen molar-refractivity contribution in [1.82, 2.24) is 0 Å². The molecule has 0 aliphatic heterocycles. The van der Waals surface area contributed by atoms with Crippen molar-refractivity contribution in [2.75, 3.05) is 12.6 Å². The summed E-state index contributed by atoms with van der Waals surface area (Å²) in [5.74, 6) is 0. The van der Waals surface area contributed by atoms with Crippen molar-refractivity contribution >= 4 is 5.69 Å². The number of rotatable bonds is 3. The summed E-state index contributed by atoms with van der Waals surface area (Å²) in [6.07, 6.45) is 0. The van der Waals surface area contributed by atoms with Gasteiger partial charge in [-0.1, -0.05) is 48.5 Å². The van der Waals surface area contributed by atoms with Gasteiger partial charge in [-0.15, -0.1) is 0 Å². The van der Waals surface area contributed by atoms with E-state index >= 15 is 0 Å². The highest BCUT2D eigenvalue weighted by molar-refractivity contribution is 5.77. The van der Waals surface area contributed by atoms with Gasteiger partial charge in [0, 0.05) is 5.56 Å². The fraction of sp³-hybridized carbons (Fsp3) is 0.0769. The summed E-state index contributed by atoms with van der Waals surface area (Å²) in [7, 11) is 1.61. The minimum Gasteiger partial charge on any atom is -0.279 e. The van der Waals surface area contributed by atoms with Crippen LogP contribution in [0.2, 0.25) is 0 Å². The topological polar surface area (TPSA) is 21.3 Å². The Morgan fingerprint density at radius 1 is 0.867 bits per heavy atom. The molecule has 0 aliphatic rings. The van der Waals surface area contributed by atoms with Crippen LogP contribution in [0, 0.1) is 0 Å². The van der Waals surface area contributed by atoms with E-state index in [4.69, 9.17) is 4.84 Å². The molecule has 2 heteroatoms. The summed E-state index contributed by atoms with van der Waals surface area (Å²) in [4.78, 5) is 4.94. The van der Waals surface area contributed by atoms with Crippen LogP contribution in [-0.2, 0) is 4.84 Å². The molecule has 2 rings (SSSR count). The molecule has 0 amide bonds. The highest BCUT2D eigenvalue weighted by Gasteiger charge is 2.02. The maximum atomic E-state index is 4.94. The van der Waals surface area contributed by atoms with E-state index in [1.165, 1.54) is 5.56 Å². The van der Waals surface area contributed by atoms with Gasteiger partial charge in [0.05, 0.1) is 12.8 Å². The van der Waals surface area contributed by atoms with Crippen LogP contribution >= 0.6 is 0 Å². The van der Waals surface area contributed by atoms with E-state index in [0.717, 1.165) is 11.3 Å². The first-order valence-corrected chi connectivity index (χ1v) is 4.85. The molecule has 0 aromatic heterocycles. The second-order valence-corrected chi connectivity index (χ2v) is 3.22. The predicted molar refractivity (Wildman–Crippen MR) is 62.5 cm³/mol. The van der Waals surface area contributed by atoms with Crippen LogP contribution in [0.1, 0.15) is 0 Å². The highest BCUT2D eigenvalue weighted by atomic mass is 16.6. The van der Waals surface area contributed by atoms with Crippen molar-refractivity contribution in [3.63, 3.8) is 0 Å². The summed E-state index contributed by atoms with van der Waals surface area (Å²) in [5, 5.41) is 0. The molecule has 2 aromatic carbocycles. The first-order chi connectivity index (χ1) is 7.42. The quantitative estimate of drug-likeness (QED) is 0.765. The Labute approximate surface area is 89.5 Å². The minimum absolute atomic E-state index is 0.978. The molecule has 0 aliphatic carbocycles. The molecule has 0 unspecified atom stereocenters. The number of benzene rings is 2. The summed E-state index contributed by atoms with van der Waals surface area (Å²) in [5.41, 5.74) is 6.17. The van der Waals surface area contributed by atoms with Crippen LogP contribution in [0.25, 0.3) is 11.1 Å². The number of anilines is 1. The third-order valence-corrected chi connectivity index (χ3v) is 2.22. The maximum Gasteiger partial charge on any atom is 0.0682 e. The largest absolute Gasteiger partial charge is 0.279 e. The molecule has 2 aromatic rings. The molecule has 0 fully saturated rings. The SMILES string of the molecule is CONc1ccccc1-c1ccccc1. The van der Waals surface area contributed by atoms with Crippen LogP contribution < -0.4 is 5.48 Å². The van der Waals surface area contributed by atoms with Crippen molar-refractivity contribution < 1.29 is 4.84 Å². The molecule has 76 valence electrons. The van der Waals surface area contributed by atoms with E-state index in [9.17, 15) is 0 Å². The lowest BCUT2D eigenvalue weighted by molar-refractivity contribution is 0.271. The molecule has 0 atom stereocenters. The van der Waals surface area contributed by atoms with Gasteiger partial charge in [-0.3, -0.25) is 10.3 Å². The second kappa shape index (κ2) is 4.62. The number of hydrogen-bond acceptors (Lipinski definition) is 2. The minimum atomic E-state index is 0.978. The lowest BCUT2D eigenvalue weighted by atomic mass is 10.0. The molecule has 0 saturated heterocycles. The van der Waals surface area contributed by atoms with Crippen LogP contribution in [-0.4, -0.2) is 7.11 Å². The van der Waals surface area contributed by atoms with Crippen molar-refractivity contribution in [2.24, 2.45) is 0 Å². The van der Waals surface area contributed by atoms with Gasteiger partial charge in [-0.25, -0.2) is 0 Å². The van der Waals surface area contributed by atoms with E-state index in [1.807, 2.05) is 36.4 Å². The van der Waals surface area contributed by atoms with Crippen molar-refractivity contribution in [1.29, 1.82) is 0 Å². The van der Waals surface area contributed by atoms with Gasteiger partial charge in [-0.2, -0.15) is 0 Å². The molecular weight excluding hydrogens is 186 g/mol. The van der Waals surface area contributed by atoms with Crippen molar-refractivity contribution in [2.45, 2.75) is 0 Å². The van der Waals surface area contributed by atoms with E-state index < -0.39 is 0 Å². The third kappa shape index (κ3) is 2.17. The van der Waals surface area contributed by atoms with Gasteiger partial charge in [0.1, 0.15) is 0 Å². The van der Waals surface area contributed by atoms with Crippen molar-refractivity contribution in [3.05, 3.63) is 54.6 Å². The molecular formula is C13H13NO. The average Bonchev–Trinajstić information content (AvgIpc) is 2.31. The average molecular weight is 199 g/mol. The van der Waals surface area contributed by atoms with Gasteiger partial charge in [0.2, 0.25) is 0 Å². The Hall–Kier alpha value is -1.80. The molecule has 0 spiro atoms. The van der Waals surface area contributed by atoms with Crippen LogP contribution in [0.4, 0.5) is 5.69 Å². The Morgan fingerprint density at radius 2 is 1.53 bits per heavy atom. The molecule has 0 saturated carbocycles. The molecule has 0 bridgehead atoms. The lowest BCUT2D eigenvalue weighted by Gasteiger charge is -2.09. The summed E-state index contributed by atoms with van der Waals surface area (Å²) in [6, 6.07) is 18.3. The van der Waals surface area contributed by atoms with Gasteiger partial charge in [-0.05, 0) is 11.6 Å². The second-order valence-electron chi connectivity index (χ2n) is 3.22. The van der Waals surface area contributed by atoms with E-state index in [-0.39, 0.29) is 0 Å². The van der Waals surface area contributed by atoms with Gasteiger partial charge < -0.3 is 0 Å². The van der Waals surface area contributed by atoms with Crippen molar-refractivity contribution in [3.8, 4) is 11.1 Å². The number of para-hydroxylation sites is 1. The lowest BCUT2D eigenvalue weighted by Crippen LogP contribution is -1.97. The Kier molecular flexibility index (Phi) is 3.00. The van der Waals surface area contributed by atoms with E-state index in [1.54, 1.807) is 7.11 Å². The smallest absolute Gasteiger partial charge is 0.0682 e. The van der Waals surface area contributed by atoms with Gasteiger partial charge in [0.15, 0.2) is 0 Å². The van der Waals surface area contributed by atoms with E-state index in [0.29, 0.717) is 0 Å². The monoisotopic (exact) mass is 199 g/mol. The van der Waals surface area contributed by atoms with E-state index in [2.05, 4.69) is 23.7 Å². The zero-order valence-corrected chi connectivity index (χ0v) is 8.60. The Balaban J connectivity index is 2.43. The zero-order valence-electron chi connectivity index (χ0n) is 8.60. The molecule has 15 heavy (non-hydrogen) atoms. The summed E-state index contributed by atoms with van der Waals surface area (Å²) < 4.78 is 0. The van der Waals surface area contributed by atoms with Crippen LogP contribution in [0.5, 0.6) is 0 Å². The Morgan fingerprint density at radius 3 is 2.27 bits per heavy atom. The predicted octanol–water partition coefficient (Wildman–Crippen LogP) is 3.33. The first kappa shape index (κ1) is 9.74. The molecule has 0 radical (unpaired) electrons. The van der Waals surface area contributed by atoms with Gasteiger partial charge in [0.25, 0.3) is 0 Å². The fourth-order valence-electron chi connectivity index (χ4n) is 1.55. The Bertz CT molecular complexity index is 426. The third-order valence-electron chi connectivity index (χ3n) is 2.22. The highest BCUT2D eigenvalue weighted by Crippen LogP contribution is 2.27. The summed E-state index contributed by atoms with van der Waals surface area (Å²) >= 11 is 0. The zero-order chi connectivity index (χ0) is 10.5. The number of nitrogens with one attached hydrogen (secondary N) is 1.